The molecule has 3 saturated heterocycles. The molecule has 1 aromatic rings. The Hall–Kier alpha value is -2.23. The molecule has 3 unspecified atom stereocenters. The molecule has 1 aromatic carbocycles. The molecule has 0 saturated carbocycles. The van der Waals surface area contributed by atoms with E-state index in [9.17, 15) is 19.5 Å². The molecular weight excluding hydrogens is 540 g/mol. The normalized spacial score (nSPS) is 30.8. The SMILES string of the molecule is C=CCN(CCCCC)C(=O)C1N([C@H](CO)c2ccccc2)C(=O)[C@@H]2[C@H](C(=O)OCC)[C@H]3OC12CC3Br. The number of ether oxygens (including phenoxy) is 2. The van der Waals surface area contributed by atoms with Gasteiger partial charge in [-0.15, -0.1) is 6.58 Å². The smallest absolute Gasteiger partial charge is 0.312 e. The number of alkyl halides is 1. The largest absolute Gasteiger partial charge is 0.466 e. The van der Waals surface area contributed by atoms with Crippen molar-refractivity contribution < 1.29 is 29.0 Å². The number of carbonyl (C=O) groups excluding carboxylic acids is 3. The number of aliphatic hydroxyl groups excluding tert-OH is 1. The molecule has 0 aliphatic carbocycles. The summed E-state index contributed by atoms with van der Waals surface area (Å²) in [4.78, 5) is 44.7. The predicted octanol–water partition coefficient (Wildman–Crippen LogP) is 3.24. The Labute approximate surface area is 227 Å². The van der Waals surface area contributed by atoms with Crippen molar-refractivity contribution in [2.45, 2.75) is 68.1 Å². The Balaban J connectivity index is 1.82. The Kier molecular flexibility index (Phi) is 8.76. The third-order valence-electron chi connectivity index (χ3n) is 7.91. The van der Waals surface area contributed by atoms with E-state index >= 15 is 0 Å². The average molecular weight is 578 g/mol. The molecule has 4 rings (SSSR count). The van der Waals surface area contributed by atoms with Crippen LogP contribution >= 0.6 is 15.9 Å². The summed E-state index contributed by atoms with van der Waals surface area (Å²) in [6, 6.07) is 7.44. The van der Waals surface area contributed by atoms with Gasteiger partial charge in [-0.2, -0.15) is 0 Å². The van der Waals surface area contributed by atoms with Crippen molar-refractivity contribution in [2.75, 3.05) is 26.3 Å². The first-order valence-corrected chi connectivity index (χ1v) is 14.1. The maximum atomic E-state index is 14.4. The van der Waals surface area contributed by atoms with Crippen LogP contribution in [0.2, 0.25) is 0 Å². The minimum absolute atomic E-state index is 0.183. The van der Waals surface area contributed by atoms with E-state index in [1.165, 1.54) is 4.90 Å². The van der Waals surface area contributed by atoms with Gasteiger partial charge in [-0.1, -0.05) is 72.1 Å². The monoisotopic (exact) mass is 576 g/mol. The van der Waals surface area contributed by atoms with Crippen molar-refractivity contribution in [3.05, 3.63) is 48.6 Å². The van der Waals surface area contributed by atoms with E-state index in [1.54, 1.807) is 17.9 Å². The summed E-state index contributed by atoms with van der Waals surface area (Å²) in [6.07, 6.45) is 4.32. The van der Waals surface area contributed by atoms with E-state index in [0.717, 1.165) is 19.3 Å². The van der Waals surface area contributed by atoms with E-state index in [2.05, 4.69) is 29.4 Å². The van der Waals surface area contributed by atoms with Gasteiger partial charge in [-0.3, -0.25) is 14.4 Å². The molecule has 0 radical (unpaired) electrons. The highest BCUT2D eigenvalue weighted by atomic mass is 79.9. The molecule has 202 valence electrons. The highest BCUT2D eigenvalue weighted by Crippen LogP contribution is 2.61. The Morgan fingerprint density at radius 2 is 2.05 bits per heavy atom. The first-order chi connectivity index (χ1) is 17.9. The van der Waals surface area contributed by atoms with Crippen molar-refractivity contribution in [3.8, 4) is 0 Å². The van der Waals surface area contributed by atoms with Crippen LogP contribution in [-0.2, 0) is 23.9 Å². The third-order valence-corrected chi connectivity index (χ3v) is 8.75. The van der Waals surface area contributed by atoms with Gasteiger partial charge in [-0.25, -0.2) is 0 Å². The molecular formula is C28H37BrN2O6. The fourth-order valence-corrected chi connectivity index (χ4v) is 7.34. The molecule has 1 N–H and O–H groups in total. The van der Waals surface area contributed by atoms with Crippen LogP contribution < -0.4 is 0 Å². The zero-order chi connectivity index (χ0) is 26.7. The van der Waals surface area contributed by atoms with Gasteiger partial charge in [0, 0.05) is 17.9 Å². The summed E-state index contributed by atoms with van der Waals surface area (Å²) >= 11 is 3.67. The van der Waals surface area contributed by atoms with Gasteiger partial charge in [0.15, 0.2) is 0 Å². The number of aliphatic hydroxyl groups is 1. The number of likely N-dealkylation sites (tertiary alicyclic amines) is 1. The van der Waals surface area contributed by atoms with Crippen molar-refractivity contribution in [3.63, 3.8) is 0 Å². The summed E-state index contributed by atoms with van der Waals surface area (Å²) in [7, 11) is 0. The highest BCUT2D eigenvalue weighted by molar-refractivity contribution is 9.09. The molecule has 2 amide bonds. The standard InChI is InChI=1S/C28H37BrN2O6/c1-4-7-11-15-30(14-5-2)26(34)24-28-16-19(29)23(37-28)21(27(35)36-6-3)22(28)25(33)31(24)20(17-32)18-12-9-8-10-13-18/h5,8-10,12-13,19-24,32H,2,4,6-7,11,14-17H2,1,3H3/t19?,20-,21+,22+,23+,24?,28?/m1/s1. The lowest BCUT2D eigenvalue weighted by Crippen LogP contribution is -2.57. The number of esters is 1. The van der Waals surface area contributed by atoms with Gasteiger partial charge >= 0.3 is 5.97 Å². The van der Waals surface area contributed by atoms with E-state index in [0.29, 0.717) is 25.1 Å². The van der Waals surface area contributed by atoms with Crippen molar-refractivity contribution in [2.24, 2.45) is 11.8 Å². The molecule has 0 aromatic heterocycles. The lowest BCUT2D eigenvalue weighted by molar-refractivity contribution is -0.156. The molecule has 3 aliphatic heterocycles. The zero-order valence-corrected chi connectivity index (χ0v) is 23.1. The van der Waals surface area contributed by atoms with Gasteiger partial charge in [0.2, 0.25) is 11.8 Å². The molecule has 3 aliphatic rings. The maximum absolute atomic E-state index is 14.4. The first-order valence-electron chi connectivity index (χ1n) is 13.2. The number of carbonyl (C=O) groups is 3. The first kappa shape index (κ1) is 27.8. The van der Waals surface area contributed by atoms with Crippen LogP contribution in [0.5, 0.6) is 0 Å². The van der Waals surface area contributed by atoms with E-state index in [1.807, 2.05) is 30.3 Å². The lowest BCUT2D eigenvalue weighted by atomic mass is 9.70. The molecule has 8 nitrogen and oxygen atoms in total. The van der Waals surface area contributed by atoms with E-state index in [4.69, 9.17) is 9.47 Å². The molecule has 3 fully saturated rings. The summed E-state index contributed by atoms with van der Waals surface area (Å²) in [5, 5.41) is 10.5. The summed E-state index contributed by atoms with van der Waals surface area (Å²) < 4.78 is 11.9. The number of benzene rings is 1. The number of hydrogen-bond acceptors (Lipinski definition) is 6. The number of nitrogens with zero attached hydrogens (tertiary/aromatic N) is 2. The third kappa shape index (κ3) is 4.74. The highest BCUT2D eigenvalue weighted by Gasteiger charge is 2.77. The van der Waals surface area contributed by atoms with E-state index < -0.39 is 41.6 Å². The van der Waals surface area contributed by atoms with Crippen LogP contribution in [0.15, 0.2) is 43.0 Å². The quantitative estimate of drug-likeness (QED) is 0.177. The van der Waals surface area contributed by atoms with Crippen molar-refractivity contribution in [1.82, 2.24) is 9.80 Å². The van der Waals surface area contributed by atoms with Gasteiger partial charge < -0.3 is 24.4 Å². The molecule has 37 heavy (non-hydrogen) atoms. The molecule has 2 bridgehead atoms. The van der Waals surface area contributed by atoms with Crippen LogP contribution in [0.3, 0.4) is 0 Å². The van der Waals surface area contributed by atoms with Crippen LogP contribution in [-0.4, -0.2) is 81.6 Å². The molecule has 7 atom stereocenters. The Bertz CT molecular complexity index is 1010. The lowest BCUT2D eigenvalue weighted by Gasteiger charge is -2.39. The second-order valence-electron chi connectivity index (χ2n) is 10.1. The van der Waals surface area contributed by atoms with Crippen LogP contribution in [0.4, 0.5) is 0 Å². The number of fused-ring (bicyclic) bond motifs is 1. The number of rotatable bonds is 12. The average Bonchev–Trinajstić information content (AvgIpc) is 3.48. The van der Waals surface area contributed by atoms with Crippen LogP contribution in [0, 0.1) is 11.8 Å². The fourth-order valence-electron chi connectivity index (χ4n) is 6.39. The fraction of sp³-hybridized carbons (Fsp3) is 0.607. The van der Waals surface area contributed by atoms with Crippen molar-refractivity contribution >= 4 is 33.7 Å². The van der Waals surface area contributed by atoms with Gasteiger partial charge in [0.05, 0.1) is 37.2 Å². The molecule has 3 heterocycles. The summed E-state index contributed by atoms with van der Waals surface area (Å²) in [6.45, 7) is 8.33. The molecule has 1 spiro atoms. The number of hydrogen-bond donors (Lipinski definition) is 1. The van der Waals surface area contributed by atoms with Crippen LogP contribution in [0.25, 0.3) is 0 Å². The van der Waals surface area contributed by atoms with Gasteiger partial charge in [0.1, 0.15) is 11.6 Å². The number of amides is 2. The number of unbranched alkanes of at least 4 members (excludes halogenated alkanes) is 2. The van der Waals surface area contributed by atoms with Crippen LogP contribution in [0.1, 0.15) is 51.1 Å². The second-order valence-corrected chi connectivity index (χ2v) is 11.2. The second kappa shape index (κ2) is 11.7. The minimum atomic E-state index is -1.20. The Morgan fingerprint density at radius 3 is 2.68 bits per heavy atom. The predicted molar refractivity (Wildman–Crippen MR) is 142 cm³/mol. The molecule has 9 heteroatoms. The van der Waals surface area contributed by atoms with Gasteiger partial charge in [0.25, 0.3) is 0 Å². The zero-order valence-electron chi connectivity index (χ0n) is 21.6. The maximum Gasteiger partial charge on any atom is 0.312 e. The topological polar surface area (TPSA) is 96.4 Å². The van der Waals surface area contributed by atoms with Gasteiger partial charge in [-0.05, 0) is 25.3 Å². The summed E-state index contributed by atoms with van der Waals surface area (Å²) in [5.74, 6) is -2.78. The van der Waals surface area contributed by atoms with Crippen molar-refractivity contribution in [1.29, 1.82) is 0 Å². The Morgan fingerprint density at radius 1 is 1.32 bits per heavy atom. The summed E-state index contributed by atoms with van der Waals surface area (Å²) in [5.41, 5.74) is -0.483. The number of halogens is 1. The minimum Gasteiger partial charge on any atom is -0.466 e. The van der Waals surface area contributed by atoms with E-state index in [-0.39, 0.29) is 29.9 Å².